The minimum atomic E-state index is -0.826. The van der Waals surface area contributed by atoms with E-state index >= 15 is 0 Å². The molecule has 0 saturated carbocycles. The Balaban J connectivity index is 1.46. The highest BCUT2D eigenvalue weighted by Gasteiger charge is 2.24. The molecular weight excluding hydrogens is 590 g/mol. The molecule has 0 radical (unpaired) electrons. The summed E-state index contributed by atoms with van der Waals surface area (Å²) in [6, 6.07) is 71.8. The van der Waals surface area contributed by atoms with Crippen molar-refractivity contribution in [1.29, 1.82) is 0 Å². The molecule has 0 heterocycles. The normalized spacial score (nSPS) is 11.4. The fourth-order valence-corrected chi connectivity index (χ4v) is 11.3. The zero-order chi connectivity index (χ0) is 30.7. The quantitative estimate of drug-likeness (QED) is 0.156. The minimum absolute atomic E-state index is 0.742. The molecule has 0 amide bonds. The highest BCUT2D eigenvalue weighted by Crippen LogP contribution is 2.43. The lowest BCUT2D eigenvalue weighted by Crippen LogP contribution is -2.23. The van der Waals surface area contributed by atoms with E-state index < -0.39 is 15.8 Å². The molecule has 46 heavy (non-hydrogen) atoms. The Morgan fingerprint density at radius 2 is 0.739 bits per heavy atom. The Bertz CT molecular complexity index is 2160. The van der Waals surface area contributed by atoms with Crippen LogP contribution in [0.15, 0.2) is 194 Å². The summed E-state index contributed by atoms with van der Waals surface area (Å²) in [5.74, 6) is 0. The highest BCUT2D eigenvalue weighted by molar-refractivity contribution is 7.80. The third-order valence-electron chi connectivity index (χ3n) is 8.60. The maximum Gasteiger partial charge on any atom is -0.00153 e. The van der Waals surface area contributed by atoms with E-state index in [-0.39, 0.29) is 0 Å². The molecule has 0 unspecified atom stereocenters. The molecule has 0 N–H and O–H groups in total. The van der Waals surface area contributed by atoms with Gasteiger partial charge >= 0.3 is 0 Å². The first-order valence-corrected chi connectivity index (χ1v) is 18.4. The van der Waals surface area contributed by atoms with Gasteiger partial charge in [-0.15, -0.1) is 0 Å². The maximum absolute atomic E-state index is 2.51. The smallest absolute Gasteiger partial charge is 0.00153 e. The van der Waals surface area contributed by atoms with Gasteiger partial charge in [-0.2, -0.15) is 0 Å². The number of hydrogen-bond donors (Lipinski definition) is 0. The van der Waals surface area contributed by atoms with Crippen LogP contribution in [0.25, 0.3) is 32.7 Å². The van der Waals surface area contributed by atoms with Crippen molar-refractivity contribution in [1.82, 2.24) is 0 Å². The predicted molar refractivity (Wildman–Crippen MR) is 204 cm³/mol. The first-order valence-electron chi connectivity index (χ1n) is 15.7. The lowest BCUT2D eigenvalue weighted by Gasteiger charge is -2.25. The highest BCUT2D eigenvalue weighted by atomic mass is 31.1. The molecule has 0 bridgehead atoms. The van der Waals surface area contributed by atoms with Crippen LogP contribution in [-0.2, 0) is 0 Å². The van der Waals surface area contributed by atoms with E-state index in [2.05, 4.69) is 194 Å². The molecule has 8 rings (SSSR count). The Morgan fingerprint density at radius 3 is 1.33 bits per heavy atom. The average Bonchev–Trinajstić information content (AvgIpc) is 3.13. The Hall–Kier alpha value is -4.86. The van der Waals surface area contributed by atoms with Crippen LogP contribution in [0.4, 0.5) is 0 Å². The van der Waals surface area contributed by atoms with Gasteiger partial charge < -0.3 is 0 Å². The van der Waals surface area contributed by atoms with Gasteiger partial charge in [-0.25, -0.2) is 0 Å². The van der Waals surface area contributed by atoms with E-state index in [1.807, 2.05) is 0 Å². The zero-order valence-corrected chi connectivity index (χ0v) is 27.2. The number of benzene rings is 8. The molecule has 0 saturated heterocycles. The van der Waals surface area contributed by atoms with Crippen molar-refractivity contribution >= 4 is 69.2 Å². The van der Waals surface area contributed by atoms with Crippen LogP contribution in [0.1, 0.15) is 0 Å². The molecule has 218 valence electrons. The Labute approximate surface area is 273 Å². The van der Waals surface area contributed by atoms with Crippen LogP contribution < -0.4 is 31.8 Å². The van der Waals surface area contributed by atoms with Gasteiger partial charge in [0.25, 0.3) is 0 Å². The standard InChI is InChI=1S/C44H32P2/c1-5-18-35(19-6-1)45(36-20-7-2-8-21-36)39-30-28-34-29-31-43(46(37-22-9-3-10-23-37)38-24-11-4-12-25-38)44(42(34)32-39)41-27-15-17-33-16-13-14-26-40(33)41/h1-32H. The van der Waals surface area contributed by atoms with Crippen molar-refractivity contribution < 1.29 is 0 Å². The monoisotopic (exact) mass is 622 g/mol. The van der Waals surface area contributed by atoms with Crippen LogP contribution >= 0.6 is 15.8 Å². The zero-order valence-electron chi connectivity index (χ0n) is 25.4. The van der Waals surface area contributed by atoms with Crippen LogP contribution in [0, 0.1) is 0 Å². The molecule has 8 aromatic carbocycles. The summed E-state index contributed by atoms with van der Waals surface area (Å²) in [7, 11) is -1.57. The van der Waals surface area contributed by atoms with E-state index in [9.17, 15) is 0 Å². The van der Waals surface area contributed by atoms with Gasteiger partial charge in [-0.1, -0.05) is 188 Å². The SMILES string of the molecule is c1ccc(P(c2ccccc2)c2ccc3ccc(P(c4ccccc4)c4ccccc4)c(-c4cccc5ccccc45)c3c2)cc1. The van der Waals surface area contributed by atoms with E-state index in [1.165, 1.54) is 64.5 Å². The first-order chi connectivity index (χ1) is 22.8. The molecule has 0 aromatic heterocycles. The third kappa shape index (κ3) is 5.46. The van der Waals surface area contributed by atoms with Crippen molar-refractivity contribution in [2.24, 2.45) is 0 Å². The molecule has 0 aliphatic carbocycles. The number of fused-ring (bicyclic) bond motifs is 2. The molecular formula is C44H32P2. The van der Waals surface area contributed by atoms with Crippen molar-refractivity contribution in [3.63, 3.8) is 0 Å². The summed E-state index contributed by atoms with van der Waals surface area (Å²) in [4.78, 5) is 0. The molecule has 2 heteroatoms. The summed E-state index contributed by atoms with van der Waals surface area (Å²) in [6.07, 6.45) is 0. The predicted octanol–water partition coefficient (Wildman–Crippen LogP) is 9.18. The third-order valence-corrected chi connectivity index (χ3v) is 13.5. The average molecular weight is 623 g/mol. The second kappa shape index (κ2) is 12.9. The summed E-state index contributed by atoms with van der Waals surface area (Å²) < 4.78 is 0. The fourth-order valence-electron chi connectivity index (χ4n) is 6.53. The molecule has 8 aromatic rings. The Kier molecular flexibility index (Phi) is 8.00. The molecule has 0 aliphatic heterocycles. The van der Waals surface area contributed by atoms with Gasteiger partial charge in [0.2, 0.25) is 0 Å². The van der Waals surface area contributed by atoms with E-state index in [0.717, 1.165) is 0 Å². The van der Waals surface area contributed by atoms with Crippen molar-refractivity contribution in [2.45, 2.75) is 0 Å². The van der Waals surface area contributed by atoms with Crippen LogP contribution in [0.2, 0.25) is 0 Å². The van der Waals surface area contributed by atoms with E-state index in [1.54, 1.807) is 0 Å². The van der Waals surface area contributed by atoms with Gasteiger partial charge in [-0.3, -0.25) is 0 Å². The van der Waals surface area contributed by atoms with Crippen molar-refractivity contribution in [2.75, 3.05) is 0 Å². The van der Waals surface area contributed by atoms with Crippen LogP contribution in [0.3, 0.4) is 0 Å². The molecule has 0 nitrogen and oxygen atoms in total. The molecule has 0 fully saturated rings. The number of rotatable bonds is 7. The lowest BCUT2D eigenvalue weighted by molar-refractivity contribution is 1.71. The minimum Gasteiger partial charge on any atom is -0.0622 e. The molecule has 0 spiro atoms. The van der Waals surface area contributed by atoms with Gasteiger partial charge in [0.15, 0.2) is 0 Å². The van der Waals surface area contributed by atoms with Crippen molar-refractivity contribution in [3.8, 4) is 11.1 Å². The molecule has 0 aliphatic rings. The largest absolute Gasteiger partial charge is 0.0622 e. The topological polar surface area (TPSA) is 0 Å². The van der Waals surface area contributed by atoms with Gasteiger partial charge in [0.05, 0.1) is 0 Å². The van der Waals surface area contributed by atoms with Crippen LogP contribution in [0.5, 0.6) is 0 Å². The summed E-state index contributed by atoms with van der Waals surface area (Å²) >= 11 is 0. The number of hydrogen-bond acceptors (Lipinski definition) is 0. The first kappa shape index (κ1) is 28.6. The summed E-state index contributed by atoms with van der Waals surface area (Å²) in [6.45, 7) is 0. The van der Waals surface area contributed by atoms with Gasteiger partial charge in [0, 0.05) is 0 Å². The maximum atomic E-state index is 2.51. The van der Waals surface area contributed by atoms with Crippen molar-refractivity contribution in [3.05, 3.63) is 194 Å². The summed E-state index contributed by atoms with van der Waals surface area (Å²) in [5, 5.41) is 13.3. The van der Waals surface area contributed by atoms with E-state index in [4.69, 9.17) is 0 Å². The fraction of sp³-hybridized carbons (Fsp3) is 0. The van der Waals surface area contributed by atoms with Gasteiger partial charge in [-0.05, 0) is 86.4 Å². The lowest BCUT2D eigenvalue weighted by atomic mass is 9.94. The van der Waals surface area contributed by atoms with Gasteiger partial charge in [0.1, 0.15) is 0 Å². The summed E-state index contributed by atoms with van der Waals surface area (Å²) in [5.41, 5.74) is 2.63. The molecule has 0 atom stereocenters. The second-order valence-corrected chi connectivity index (χ2v) is 15.8. The second-order valence-electron chi connectivity index (χ2n) is 11.4. The van der Waals surface area contributed by atoms with Crippen LogP contribution in [-0.4, -0.2) is 0 Å². The van der Waals surface area contributed by atoms with E-state index in [0.29, 0.717) is 0 Å². The Morgan fingerprint density at radius 1 is 0.283 bits per heavy atom.